The Kier molecular flexibility index (Phi) is 4.53. The van der Waals surface area contributed by atoms with E-state index in [1.165, 1.54) is 0 Å². The van der Waals surface area contributed by atoms with Gasteiger partial charge in [0.1, 0.15) is 11.2 Å². The van der Waals surface area contributed by atoms with Gasteiger partial charge in [-0.3, -0.25) is 0 Å². The number of hydrogen-bond acceptors (Lipinski definition) is 1. The molecule has 0 spiro atoms. The second-order valence-electron chi connectivity index (χ2n) is 12.1. The van der Waals surface area contributed by atoms with Crippen LogP contribution in [0.15, 0.2) is 186 Å². The molecule has 0 amide bonds. The van der Waals surface area contributed by atoms with Gasteiger partial charge in [-0.15, -0.1) is 0 Å². The molecule has 0 aliphatic heterocycles. The third-order valence-electron chi connectivity index (χ3n) is 9.36. The van der Waals surface area contributed by atoms with Gasteiger partial charge in [0.2, 0.25) is 0 Å². The van der Waals surface area contributed by atoms with E-state index in [1.54, 1.807) is 0 Å². The molecular formula is C48H30O. The molecular weight excluding hydrogens is 593 g/mol. The first-order valence-electron chi connectivity index (χ1n) is 20.6. The maximum absolute atomic E-state index is 9.51. The predicted octanol–water partition coefficient (Wildman–Crippen LogP) is 13.7. The van der Waals surface area contributed by atoms with Crippen molar-refractivity contribution in [1.29, 1.82) is 0 Å². The minimum atomic E-state index is -0.534. The fourth-order valence-electron chi connectivity index (χ4n) is 7.24. The van der Waals surface area contributed by atoms with Gasteiger partial charge >= 0.3 is 0 Å². The van der Waals surface area contributed by atoms with Crippen molar-refractivity contribution in [3.8, 4) is 44.5 Å². The van der Waals surface area contributed by atoms with Crippen LogP contribution in [-0.2, 0) is 0 Å². The standard InChI is InChI=1S/C48H30O/c1-3-14-31(15-4-1)36-27-26-35(29-42(36)32-16-5-2-6-17-32)46-37-20-9-11-22-39(37)47(40-23-12-10-21-38(40)46)41-24-13-25-44-48(41)43-28-33-18-7-8-19-34(33)30-45(43)49-44/h1-30H/i7D,8D,13D,18D,19D,24D,25D,28D,30D. The van der Waals surface area contributed by atoms with E-state index in [-0.39, 0.29) is 62.4 Å². The molecule has 1 heterocycles. The molecule has 228 valence electrons. The van der Waals surface area contributed by atoms with E-state index in [9.17, 15) is 4.11 Å². The Bertz CT molecular complexity index is 3320. The minimum absolute atomic E-state index is 0.0516. The molecule has 1 aromatic heterocycles. The van der Waals surface area contributed by atoms with Crippen LogP contribution in [0, 0.1) is 0 Å². The Hall–Kier alpha value is -6.44. The lowest BCUT2D eigenvalue weighted by Crippen LogP contribution is -1.93. The minimum Gasteiger partial charge on any atom is -0.456 e. The second kappa shape index (κ2) is 11.1. The molecule has 10 aromatic rings. The molecule has 0 radical (unpaired) electrons. The molecule has 0 N–H and O–H groups in total. The Morgan fingerprint density at radius 2 is 0.959 bits per heavy atom. The topological polar surface area (TPSA) is 13.1 Å². The van der Waals surface area contributed by atoms with E-state index in [2.05, 4.69) is 42.5 Å². The summed E-state index contributed by atoms with van der Waals surface area (Å²) in [5.41, 5.74) is 6.83. The zero-order chi connectivity index (χ0) is 40.1. The van der Waals surface area contributed by atoms with E-state index < -0.39 is 30.2 Å². The summed E-state index contributed by atoms with van der Waals surface area (Å²) in [6, 6.07) is 39.1. The average molecular weight is 632 g/mol. The van der Waals surface area contributed by atoms with Crippen molar-refractivity contribution < 1.29 is 16.8 Å². The molecule has 0 fully saturated rings. The van der Waals surface area contributed by atoms with Crippen LogP contribution in [0.4, 0.5) is 0 Å². The van der Waals surface area contributed by atoms with Gasteiger partial charge in [0.25, 0.3) is 0 Å². The summed E-state index contributed by atoms with van der Waals surface area (Å²) in [4.78, 5) is 0. The lowest BCUT2D eigenvalue weighted by atomic mass is 9.83. The van der Waals surface area contributed by atoms with Crippen molar-refractivity contribution in [3.63, 3.8) is 0 Å². The summed E-state index contributed by atoms with van der Waals surface area (Å²) in [7, 11) is 0. The highest BCUT2D eigenvalue weighted by molar-refractivity contribution is 6.26. The lowest BCUT2D eigenvalue weighted by Gasteiger charge is -2.19. The molecule has 9 aromatic carbocycles. The fourth-order valence-corrected chi connectivity index (χ4v) is 7.24. The summed E-state index contributed by atoms with van der Waals surface area (Å²) < 4.78 is 86.4. The maximum Gasteiger partial charge on any atom is 0.136 e. The zero-order valence-electron chi connectivity index (χ0n) is 35.0. The first-order valence-corrected chi connectivity index (χ1v) is 16.1. The number of benzene rings is 9. The summed E-state index contributed by atoms with van der Waals surface area (Å²) >= 11 is 0. The van der Waals surface area contributed by atoms with E-state index in [1.807, 2.05) is 84.9 Å². The van der Waals surface area contributed by atoms with Gasteiger partial charge < -0.3 is 4.42 Å². The largest absolute Gasteiger partial charge is 0.456 e. The zero-order valence-corrected chi connectivity index (χ0v) is 26.0. The van der Waals surface area contributed by atoms with Gasteiger partial charge in [0.05, 0.1) is 12.3 Å². The Balaban J connectivity index is 1.36. The maximum atomic E-state index is 9.51. The van der Waals surface area contributed by atoms with Crippen molar-refractivity contribution in [1.82, 2.24) is 0 Å². The van der Waals surface area contributed by atoms with Crippen LogP contribution < -0.4 is 0 Å². The van der Waals surface area contributed by atoms with Gasteiger partial charge in [0.15, 0.2) is 0 Å². The molecule has 10 rings (SSSR count). The third-order valence-corrected chi connectivity index (χ3v) is 9.36. The lowest BCUT2D eigenvalue weighted by molar-refractivity contribution is 0.669. The number of rotatable bonds is 4. The molecule has 0 saturated carbocycles. The van der Waals surface area contributed by atoms with Crippen LogP contribution in [0.25, 0.3) is 98.8 Å². The molecule has 0 bridgehead atoms. The van der Waals surface area contributed by atoms with Crippen LogP contribution >= 0.6 is 0 Å². The molecule has 0 aliphatic rings. The van der Waals surface area contributed by atoms with E-state index >= 15 is 0 Å². The Morgan fingerprint density at radius 3 is 1.61 bits per heavy atom. The summed E-state index contributed by atoms with van der Waals surface area (Å²) in [6.07, 6.45) is 0. The quantitative estimate of drug-likeness (QED) is 0.176. The van der Waals surface area contributed by atoms with Crippen LogP contribution in [0.1, 0.15) is 12.3 Å². The molecule has 1 nitrogen and oxygen atoms in total. The predicted molar refractivity (Wildman–Crippen MR) is 208 cm³/mol. The summed E-state index contributed by atoms with van der Waals surface area (Å²) in [5.74, 6) is 0. The normalized spacial score (nSPS) is 14.2. The number of fused-ring (bicyclic) bond motifs is 6. The van der Waals surface area contributed by atoms with Crippen molar-refractivity contribution in [3.05, 3.63) is 182 Å². The van der Waals surface area contributed by atoms with Gasteiger partial charge in [-0.1, -0.05) is 158 Å². The van der Waals surface area contributed by atoms with Crippen molar-refractivity contribution in [2.45, 2.75) is 0 Å². The monoisotopic (exact) mass is 631 g/mol. The summed E-state index contributed by atoms with van der Waals surface area (Å²) in [6.45, 7) is 0. The second-order valence-corrected chi connectivity index (χ2v) is 12.1. The van der Waals surface area contributed by atoms with Crippen LogP contribution in [0.5, 0.6) is 0 Å². The number of hydrogen-bond donors (Lipinski definition) is 0. The van der Waals surface area contributed by atoms with Crippen molar-refractivity contribution >= 4 is 54.3 Å². The highest BCUT2D eigenvalue weighted by Gasteiger charge is 2.21. The third kappa shape index (κ3) is 4.40. The first kappa shape index (κ1) is 20.0. The van der Waals surface area contributed by atoms with Gasteiger partial charge in [-0.05, 0) is 101 Å². The Labute approximate surface area is 297 Å². The molecule has 0 saturated heterocycles. The van der Waals surface area contributed by atoms with Gasteiger partial charge in [-0.25, -0.2) is 0 Å². The van der Waals surface area contributed by atoms with E-state index in [4.69, 9.17) is 12.6 Å². The smallest absolute Gasteiger partial charge is 0.136 e. The van der Waals surface area contributed by atoms with Crippen molar-refractivity contribution in [2.75, 3.05) is 0 Å². The van der Waals surface area contributed by atoms with Gasteiger partial charge in [-0.2, -0.15) is 0 Å². The van der Waals surface area contributed by atoms with Crippen LogP contribution in [0.2, 0.25) is 0 Å². The summed E-state index contributed by atoms with van der Waals surface area (Å²) in [5, 5.41) is 3.17. The average Bonchev–Trinajstić information content (AvgIpc) is 3.67. The van der Waals surface area contributed by atoms with Crippen LogP contribution in [-0.4, -0.2) is 0 Å². The molecule has 1 heteroatoms. The number of furan rings is 1. The molecule has 49 heavy (non-hydrogen) atoms. The van der Waals surface area contributed by atoms with Gasteiger partial charge in [0, 0.05) is 10.8 Å². The fraction of sp³-hybridized carbons (Fsp3) is 0. The van der Waals surface area contributed by atoms with E-state index in [0.29, 0.717) is 5.56 Å². The molecule has 0 unspecified atom stereocenters. The van der Waals surface area contributed by atoms with Crippen LogP contribution in [0.3, 0.4) is 0 Å². The SMILES string of the molecule is [2H]c1c([2H])c(-c2c3ccccc3c(-c3ccc(-c4ccccc4)c(-c4ccccc4)c3)c3ccccc23)c2c(oc3c([2H])c4c([2H])c([2H])c([2H])c([2H])c4c([2H])c32)c1[2H]. The molecule has 0 atom stereocenters. The first-order chi connectivity index (χ1) is 28.1. The Morgan fingerprint density at radius 1 is 0.388 bits per heavy atom. The van der Waals surface area contributed by atoms with E-state index in [0.717, 1.165) is 54.9 Å². The molecule has 0 aliphatic carbocycles. The van der Waals surface area contributed by atoms with Crippen molar-refractivity contribution in [2.24, 2.45) is 0 Å². The highest BCUT2D eigenvalue weighted by atomic mass is 16.3. The highest BCUT2D eigenvalue weighted by Crippen LogP contribution is 2.48.